The fraction of sp³-hybridized carbons (Fsp3) is 0.316. The van der Waals surface area contributed by atoms with Crippen LogP contribution in [0.1, 0.15) is 23.9 Å². The molecule has 2 aromatic carbocycles. The van der Waals surface area contributed by atoms with E-state index in [0.717, 1.165) is 37.4 Å². The van der Waals surface area contributed by atoms with E-state index in [0.29, 0.717) is 0 Å². The molecule has 3 nitrogen and oxygen atoms in total. The Morgan fingerprint density at radius 2 is 1.91 bits per heavy atom. The van der Waals surface area contributed by atoms with Crippen molar-refractivity contribution in [3.63, 3.8) is 0 Å². The van der Waals surface area contributed by atoms with Crippen LogP contribution in [-0.4, -0.2) is 22.6 Å². The van der Waals surface area contributed by atoms with E-state index in [2.05, 4.69) is 72.3 Å². The van der Waals surface area contributed by atoms with Crippen molar-refractivity contribution in [2.24, 2.45) is 0 Å². The van der Waals surface area contributed by atoms with Gasteiger partial charge in [0.1, 0.15) is 5.82 Å². The molecule has 114 valence electrons. The lowest BCUT2D eigenvalue weighted by atomic mass is 10.2. The second-order valence-corrected chi connectivity index (χ2v) is 5.70. The van der Waals surface area contributed by atoms with Crippen LogP contribution in [0.3, 0.4) is 0 Å². The molecular weight excluding hydrogens is 270 g/mol. The number of aryl methyl sites for hydroxylation is 1. The van der Waals surface area contributed by atoms with Crippen LogP contribution < -0.4 is 5.32 Å². The molecule has 0 aliphatic rings. The summed E-state index contributed by atoms with van der Waals surface area (Å²) in [6.45, 7) is 7.09. The van der Waals surface area contributed by atoms with Gasteiger partial charge in [0.25, 0.3) is 0 Å². The summed E-state index contributed by atoms with van der Waals surface area (Å²) < 4.78 is 2.35. The van der Waals surface area contributed by atoms with Crippen LogP contribution in [0.15, 0.2) is 48.5 Å². The molecule has 0 aliphatic carbocycles. The van der Waals surface area contributed by atoms with E-state index < -0.39 is 0 Å². The predicted molar refractivity (Wildman–Crippen MR) is 92.3 cm³/mol. The maximum absolute atomic E-state index is 4.86. The maximum atomic E-state index is 4.86. The number of hydrogen-bond donors (Lipinski definition) is 1. The van der Waals surface area contributed by atoms with Gasteiger partial charge in [0, 0.05) is 19.5 Å². The number of rotatable bonds is 6. The molecule has 0 aliphatic heterocycles. The third-order valence-corrected chi connectivity index (χ3v) is 3.94. The topological polar surface area (TPSA) is 29.9 Å². The summed E-state index contributed by atoms with van der Waals surface area (Å²) in [5.41, 5.74) is 4.89. The largest absolute Gasteiger partial charge is 0.323 e. The zero-order valence-corrected chi connectivity index (χ0v) is 13.3. The molecule has 0 unspecified atom stereocenters. The van der Waals surface area contributed by atoms with Crippen LogP contribution in [0.25, 0.3) is 11.0 Å². The maximum Gasteiger partial charge on any atom is 0.111 e. The molecule has 3 aromatic rings. The minimum atomic E-state index is 0.877. The van der Waals surface area contributed by atoms with Gasteiger partial charge in [0.05, 0.1) is 11.0 Å². The van der Waals surface area contributed by atoms with E-state index in [-0.39, 0.29) is 0 Å². The van der Waals surface area contributed by atoms with Crippen LogP contribution in [0.5, 0.6) is 0 Å². The highest BCUT2D eigenvalue weighted by atomic mass is 15.1. The molecule has 0 saturated heterocycles. The fourth-order valence-corrected chi connectivity index (χ4v) is 2.80. The van der Waals surface area contributed by atoms with Crippen LogP contribution in [0.2, 0.25) is 0 Å². The Morgan fingerprint density at radius 1 is 1.09 bits per heavy atom. The summed E-state index contributed by atoms with van der Waals surface area (Å²) in [6, 6.07) is 17.1. The van der Waals surface area contributed by atoms with Crippen molar-refractivity contribution < 1.29 is 0 Å². The van der Waals surface area contributed by atoms with E-state index in [1.54, 1.807) is 0 Å². The average Bonchev–Trinajstić information content (AvgIpc) is 2.85. The Kier molecular flexibility index (Phi) is 4.54. The molecule has 3 rings (SSSR count). The summed E-state index contributed by atoms with van der Waals surface area (Å²) in [4.78, 5) is 4.86. The molecule has 0 fully saturated rings. The molecule has 0 radical (unpaired) electrons. The Bertz CT molecular complexity index is 744. The van der Waals surface area contributed by atoms with Crippen molar-refractivity contribution in [2.45, 2.75) is 26.8 Å². The summed E-state index contributed by atoms with van der Waals surface area (Å²) in [6.07, 6.45) is 0.953. The highest BCUT2D eigenvalue weighted by Gasteiger charge is 2.11. The van der Waals surface area contributed by atoms with Gasteiger partial charge < -0.3 is 9.88 Å². The quantitative estimate of drug-likeness (QED) is 0.704. The highest BCUT2D eigenvalue weighted by Crippen LogP contribution is 2.20. The van der Waals surface area contributed by atoms with E-state index >= 15 is 0 Å². The average molecular weight is 293 g/mol. The van der Waals surface area contributed by atoms with Crippen molar-refractivity contribution in [3.05, 3.63) is 65.5 Å². The lowest BCUT2D eigenvalue weighted by molar-refractivity contribution is 0.664. The second-order valence-electron chi connectivity index (χ2n) is 5.70. The molecular formula is C19H23N3. The minimum absolute atomic E-state index is 0.877. The van der Waals surface area contributed by atoms with Gasteiger partial charge in [-0.1, -0.05) is 43.3 Å². The predicted octanol–water partition coefficient (Wildman–Crippen LogP) is 3.55. The number of likely N-dealkylation sites (N-methyl/N-ethyl adjacent to an activating group) is 1. The standard InChI is InChI=1S/C19H23N3/c1-3-20-12-11-19-21-17-13-15(2)9-10-18(17)22(19)14-16-7-5-4-6-8-16/h4-10,13,20H,3,11-12,14H2,1-2H3. The third kappa shape index (κ3) is 3.20. The lowest BCUT2D eigenvalue weighted by Gasteiger charge is -2.10. The number of hydrogen-bond acceptors (Lipinski definition) is 2. The molecule has 0 saturated carbocycles. The zero-order valence-electron chi connectivity index (χ0n) is 13.3. The molecule has 1 N–H and O–H groups in total. The zero-order chi connectivity index (χ0) is 15.4. The lowest BCUT2D eigenvalue weighted by Crippen LogP contribution is -2.18. The molecule has 1 heterocycles. The van der Waals surface area contributed by atoms with Gasteiger partial charge in [0.2, 0.25) is 0 Å². The summed E-state index contributed by atoms with van der Waals surface area (Å²) in [5.74, 6) is 1.16. The number of nitrogens with zero attached hydrogens (tertiary/aromatic N) is 2. The fourth-order valence-electron chi connectivity index (χ4n) is 2.80. The Balaban J connectivity index is 1.98. The first kappa shape index (κ1) is 14.8. The Hall–Kier alpha value is -2.13. The van der Waals surface area contributed by atoms with Gasteiger partial charge in [-0.15, -0.1) is 0 Å². The SMILES string of the molecule is CCNCCc1nc2cc(C)ccc2n1Cc1ccccc1. The summed E-state index contributed by atoms with van der Waals surface area (Å²) >= 11 is 0. The number of nitrogens with one attached hydrogen (secondary N) is 1. The number of benzene rings is 2. The monoisotopic (exact) mass is 293 g/mol. The second kappa shape index (κ2) is 6.75. The minimum Gasteiger partial charge on any atom is -0.323 e. The Morgan fingerprint density at radius 3 is 2.68 bits per heavy atom. The van der Waals surface area contributed by atoms with E-state index in [1.165, 1.54) is 16.6 Å². The summed E-state index contributed by atoms with van der Waals surface area (Å²) in [7, 11) is 0. The van der Waals surface area contributed by atoms with Gasteiger partial charge in [-0.2, -0.15) is 0 Å². The van der Waals surface area contributed by atoms with Crippen molar-refractivity contribution in [1.29, 1.82) is 0 Å². The molecule has 3 heteroatoms. The first-order chi connectivity index (χ1) is 10.8. The van der Waals surface area contributed by atoms with Crippen molar-refractivity contribution in [3.8, 4) is 0 Å². The first-order valence-corrected chi connectivity index (χ1v) is 7.98. The first-order valence-electron chi connectivity index (χ1n) is 7.98. The van der Waals surface area contributed by atoms with Crippen LogP contribution in [-0.2, 0) is 13.0 Å². The van der Waals surface area contributed by atoms with Crippen molar-refractivity contribution in [1.82, 2.24) is 14.9 Å². The summed E-state index contributed by atoms with van der Waals surface area (Å²) in [5, 5.41) is 3.39. The normalized spacial score (nSPS) is 11.2. The van der Waals surface area contributed by atoms with Crippen LogP contribution >= 0.6 is 0 Å². The molecule has 0 spiro atoms. The molecule has 0 atom stereocenters. The van der Waals surface area contributed by atoms with Gasteiger partial charge in [0.15, 0.2) is 0 Å². The van der Waals surface area contributed by atoms with Crippen molar-refractivity contribution >= 4 is 11.0 Å². The van der Waals surface area contributed by atoms with Gasteiger partial charge >= 0.3 is 0 Å². The van der Waals surface area contributed by atoms with Gasteiger partial charge in [-0.25, -0.2) is 4.98 Å². The van der Waals surface area contributed by atoms with Gasteiger partial charge in [-0.05, 0) is 36.7 Å². The van der Waals surface area contributed by atoms with Crippen LogP contribution in [0.4, 0.5) is 0 Å². The molecule has 22 heavy (non-hydrogen) atoms. The highest BCUT2D eigenvalue weighted by molar-refractivity contribution is 5.77. The van der Waals surface area contributed by atoms with Crippen molar-refractivity contribution in [2.75, 3.05) is 13.1 Å². The third-order valence-electron chi connectivity index (χ3n) is 3.94. The molecule has 0 amide bonds. The number of fused-ring (bicyclic) bond motifs is 1. The molecule has 0 bridgehead atoms. The number of imidazole rings is 1. The van der Waals surface area contributed by atoms with Gasteiger partial charge in [-0.3, -0.25) is 0 Å². The molecule has 1 aromatic heterocycles. The Labute approximate surface area is 132 Å². The number of aromatic nitrogens is 2. The van der Waals surface area contributed by atoms with E-state index in [1.807, 2.05) is 0 Å². The van der Waals surface area contributed by atoms with E-state index in [9.17, 15) is 0 Å². The smallest absolute Gasteiger partial charge is 0.111 e. The van der Waals surface area contributed by atoms with Crippen LogP contribution in [0, 0.1) is 6.92 Å². The van der Waals surface area contributed by atoms with E-state index in [4.69, 9.17) is 4.98 Å².